The van der Waals surface area contributed by atoms with E-state index in [1.54, 1.807) is 55.5 Å². The number of nitrogens with zero attached hydrogens (tertiary/aromatic N) is 3. The molecule has 1 saturated heterocycles. The molecular formula is C28H28FN3O5. The van der Waals surface area contributed by atoms with Crippen molar-refractivity contribution >= 4 is 22.6 Å². The van der Waals surface area contributed by atoms with E-state index in [0.717, 1.165) is 37.3 Å². The van der Waals surface area contributed by atoms with Crippen molar-refractivity contribution in [1.82, 2.24) is 10.1 Å². The third kappa shape index (κ3) is 5.51. The molecule has 0 radical (unpaired) electrons. The van der Waals surface area contributed by atoms with E-state index in [-0.39, 0.29) is 24.1 Å². The molecule has 1 aliphatic heterocycles. The molecule has 3 aromatic carbocycles. The van der Waals surface area contributed by atoms with Crippen LogP contribution < -0.4 is 9.64 Å². The minimum atomic E-state index is -0.374. The Labute approximate surface area is 213 Å². The molecule has 1 N–H and O–H groups in total. The number of esters is 1. The first-order valence-corrected chi connectivity index (χ1v) is 12.2. The molecule has 1 aliphatic rings. The highest BCUT2D eigenvalue weighted by Gasteiger charge is 2.22. The van der Waals surface area contributed by atoms with Gasteiger partial charge in [0.25, 0.3) is 0 Å². The number of hydrogen-bond donors (Lipinski definition) is 1. The molecule has 4 aromatic rings. The van der Waals surface area contributed by atoms with Crippen molar-refractivity contribution in [3.05, 3.63) is 83.3 Å². The highest BCUT2D eigenvalue weighted by atomic mass is 19.1. The number of carbonyl (C=O) groups excluding carboxylic acids is 1. The molecule has 0 spiro atoms. The van der Waals surface area contributed by atoms with Crippen LogP contribution in [0.4, 0.5) is 10.1 Å². The second kappa shape index (κ2) is 10.9. The molecule has 192 valence electrons. The Morgan fingerprint density at radius 3 is 2.46 bits per heavy atom. The summed E-state index contributed by atoms with van der Waals surface area (Å²) in [6, 6.07) is 16.7. The van der Waals surface area contributed by atoms with Crippen molar-refractivity contribution in [2.75, 3.05) is 37.7 Å². The highest BCUT2D eigenvalue weighted by Crippen LogP contribution is 2.31. The van der Waals surface area contributed by atoms with E-state index >= 15 is 0 Å². The highest BCUT2D eigenvalue weighted by molar-refractivity contribution is 5.89. The van der Waals surface area contributed by atoms with Gasteiger partial charge in [0.2, 0.25) is 0 Å². The zero-order valence-electron chi connectivity index (χ0n) is 20.5. The number of anilines is 1. The van der Waals surface area contributed by atoms with Crippen molar-refractivity contribution in [2.45, 2.75) is 20.1 Å². The fourth-order valence-electron chi connectivity index (χ4n) is 4.45. The van der Waals surface area contributed by atoms with Crippen LogP contribution in [0.15, 0.2) is 65.2 Å². The number of halogens is 1. The Balaban J connectivity index is 1.23. The van der Waals surface area contributed by atoms with Crippen LogP contribution in [-0.2, 0) is 17.9 Å². The predicted octanol–water partition coefficient (Wildman–Crippen LogP) is 4.75. The lowest BCUT2D eigenvalue weighted by molar-refractivity contribution is 0.0526. The van der Waals surface area contributed by atoms with E-state index in [2.05, 4.69) is 15.0 Å². The van der Waals surface area contributed by atoms with Crippen LogP contribution >= 0.6 is 0 Å². The number of phenols is 1. The van der Waals surface area contributed by atoms with Crippen molar-refractivity contribution in [3.8, 4) is 11.5 Å². The molecule has 0 bridgehead atoms. The topological polar surface area (TPSA) is 88.3 Å². The summed E-state index contributed by atoms with van der Waals surface area (Å²) in [5.41, 5.74) is 3.30. The maximum absolute atomic E-state index is 13.2. The van der Waals surface area contributed by atoms with Gasteiger partial charge in [-0.1, -0.05) is 5.16 Å². The van der Waals surface area contributed by atoms with E-state index in [4.69, 9.17) is 14.0 Å². The molecule has 0 amide bonds. The summed E-state index contributed by atoms with van der Waals surface area (Å²) in [7, 11) is 0. The smallest absolute Gasteiger partial charge is 0.338 e. The fraction of sp³-hybridized carbons (Fsp3) is 0.286. The number of phenolic OH excluding ortho intramolecular Hbond substituents is 1. The summed E-state index contributed by atoms with van der Waals surface area (Å²) < 4.78 is 29.7. The zero-order chi connectivity index (χ0) is 25.8. The normalized spacial score (nSPS) is 14.2. The summed E-state index contributed by atoms with van der Waals surface area (Å²) in [6.07, 6.45) is 0. The molecule has 0 aliphatic carbocycles. The lowest BCUT2D eigenvalue weighted by Gasteiger charge is -2.36. The molecule has 5 rings (SSSR count). The van der Waals surface area contributed by atoms with Gasteiger partial charge < -0.3 is 24.0 Å². The summed E-state index contributed by atoms with van der Waals surface area (Å²) in [6.45, 7) is 5.95. The van der Waals surface area contributed by atoms with Gasteiger partial charge in [0.1, 0.15) is 29.6 Å². The number of fused-ring (bicyclic) bond motifs is 1. The van der Waals surface area contributed by atoms with Gasteiger partial charge in [0.15, 0.2) is 5.58 Å². The molecule has 8 nitrogen and oxygen atoms in total. The standard InChI is InChI=1S/C28H28FN3O5/c1-2-35-28(34)19-3-9-22(10-4-19)36-18-25-23-11-12-26(33)24(27(23)37-30-25)17-31-13-15-32(16-14-31)21-7-5-20(29)6-8-21/h3-12,33H,2,13-18H2,1H3. The Morgan fingerprint density at radius 2 is 1.76 bits per heavy atom. The number of ether oxygens (including phenoxy) is 2. The Morgan fingerprint density at radius 1 is 1.03 bits per heavy atom. The van der Waals surface area contributed by atoms with E-state index in [1.165, 1.54) is 12.1 Å². The molecular weight excluding hydrogens is 477 g/mol. The number of piperazine rings is 1. The molecule has 9 heteroatoms. The largest absolute Gasteiger partial charge is 0.507 e. The number of hydrogen-bond acceptors (Lipinski definition) is 8. The van der Waals surface area contributed by atoms with Crippen molar-refractivity contribution in [3.63, 3.8) is 0 Å². The van der Waals surface area contributed by atoms with Gasteiger partial charge in [-0.2, -0.15) is 0 Å². The number of rotatable bonds is 8. The monoisotopic (exact) mass is 505 g/mol. The Hall–Kier alpha value is -4.11. The van der Waals surface area contributed by atoms with Crippen LogP contribution in [-0.4, -0.2) is 53.9 Å². The van der Waals surface area contributed by atoms with Gasteiger partial charge in [-0.15, -0.1) is 0 Å². The summed E-state index contributed by atoms with van der Waals surface area (Å²) in [5, 5.41) is 15.6. The van der Waals surface area contributed by atoms with Crippen LogP contribution in [0, 0.1) is 5.82 Å². The van der Waals surface area contributed by atoms with Crippen LogP contribution in [0.1, 0.15) is 28.5 Å². The number of carbonyl (C=O) groups is 1. The number of benzene rings is 3. The second-order valence-corrected chi connectivity index (χ2v) is 8.84. The van der Waals surface area contributed by atoms with E-state index in [9.17, 15) is 14.3 Å². The Bertz CT molecular complexity index is 1360. The first-order chi connectivity index (χ1) is 18.0. The maximum atomic E-state index is 13.2. The van der Waals surface area contributed by atoms with Gasteiger partial charge in [-0.05, 0) is 67.6 Å². The van der Waals surface area contributed by atoms with Gasteiger partial charge in [0.05, 0.1) is 17.7 Å². The second-order valence-electron chi connectivity index (χ2n) is 8.84. The Kier molecular flexibility index (Phi) is 7.23. The first-order valence-electron chi connectivity index (χ1n) is 12.2. The van der Waals surface area contributed by atoms with Gasteiger partial charge in [-0.3, -0.25) is 4.90 Å². The van der Waals surface area contributed by atoms with Gasteiger partial charge in [0, 0.05) is 43.8 Å². The van der Waals surface area contributed by atoms with Crippen LogP contribution in [0.3, 0.4) is 0 Å². The average Bonchev–Trinajstić information content (AvgIpc) is 3.33. The van der Waals surface area contributed by atoms with Gasteiger partial charge >= 0.3 is 5.97 Å². The predicted molar refractivity (Wildman–Crippen MR) is 136 cm³/mol. The van der Waals surface area contributed by atoms with Crippen LogP contribution in [0.25, 0.3) is 11.0 Å². The number of aromatic hydroxyl groups is 1. The minimum absolute atomic E-state index is 0.159. The average molecular weight is 506 g/mol. The molecule has 0 saturated carbocycles. The zero-order valence-corrected chi connectivity index (χ0v) is 20.5. The van der Waals surface area contributed by atoms with Crippen LogP contribution in [0.5, 0.6) is 11.5 Å². The molecule has 0 unspecified atom stereocenters. The molecule has 1 fully saturated rings. The van der Waals surface area contributed by atoms with E-state index in [0.29, 0.717) is 41.3 Å². The summed E-state index contributed by atoms with van der Waals surface area (Å²) in [4.78, 5) is 16.3. The SMILES string of the molecule is CCOC(=O)c1ccc(OCc2noc3c(CN4CCN(c5ccc(F)cc5)CC4)c(O)ccc23)cc1. The van der Waals surface area contributed by atoms with E-state index in [1.807, 2.05) is 0 Å². The first kappa shape index (κ1) is 24.6. The van der Waals surface area contributed by atoms with Crippen molar-refractivity contribution < 1.29 is 28.3 Å². The minimum Gasteiger partial charge on any atom is -0.507 e. The third-order valence-electron chi connectivity index (χ3n) is 6.48. The quantitative estimate of drug-likeness (QED) is 0.343. The lowest BCUT2D eigenvalue weighted by Crippen LogP contribution is -2.46. The molecule has 2 heterocycles. The summed E-state index contributed by atoms with van der Waals surface area (Å²) >= 11 is 0. The lowest BCUT2D eigenvalue weighted by atomic mass is 10.1. The maximum Gasteiger partial charge on any atom is 0.338 e. The van der Waals surface area contributed by atoms with Crippen molar-refractivity contribution in [1.29, 1.82) is 0 Å². The summed E-state index contributed by atoms with van der Waals surface area (Å²) in [5.74, 6) is 0.129. The molecule has 0 atom stereocenters. The third-order valence-corrected chi connectivity index (χ3v) is 6.48. The van der Waals surface area contributed by atoms with Crippen molar-refractivity contribution in [2.24, 2.45) is 0 Å². The number of aromatic nitrogens is 1. The molecule has 1 aromatic heterocycles. The fourth-order valence-corrected chi connectivity index (χ4v) is 4.45. The van der Waals surface area contributed by atoms with Crippen LogP contribution in [0.2, 0.25) is 0 Å². The van der Waals surface area contributed by atoms with Gasteiger partial charge in [-0.25, -0.2) is 9.18 Å². The molecule has 37 heavy (non-hydrogen) atoms. The van der Waals surface area contributed by atoms with E-state index < -0.39 is 0 Å².